The number of halogens is 1. The van der Waals surface area contributed by atoms with Crippen LogP contribution in [0.5, 0.6) is 0 Å². The van der Waals surface area contributed by atoms with E-state index in [2.05, 4.69) is 9.97 Å². The number of aromatic nitrogens is 3. The molecule has 30 heavy (non-hydrogen) atoms. The fourth-order valence-corrected chi connectivity index (χ4v) is 5.59. The van der Waals surface area contributed by atoms with Crippen molar-refractivity contribution < 1.29 is 4.39 Å². The Balaban J connectivity index is 1.58. The molecule has 10 heteroatoms. The van der Waals surface area contributed by atoms with Crippen molar-refractivity contribution in [1.82, 2.24) is 14.5 Å². The Kier molecular flexibility index (Phi) is 5.39. The summed E-state index contributed by atoms with van der Waals surface area (Å²) in [5.74, 6) is 1.14. The van der Waals surface area contributed by atoms with Crippen LogP contribution in [0.2, 0.25) is 0 Å². The largest absolute Gasteiger partial charge is 0.383 e. The lowest BCUT2D eigenvalue weighted by atomic mass is 9.74. The first kappa shape index (κ1) is 20.9. The first-order valence-electron chi connectivity index (χ1n) is 10.1. The second-order valence-electron chi connectivity index (χ2n) is 8.34. The lowest BCUT2D eigenvalue weighted by Gasteiger charge is -2.42. The fourth-order valence-electron chi connectivity index (χ4n) is 4.61. The first-order valence-corrected chi connectivity index (χ1v) is 11.0. The van der Waals surface area contributed by atoms with Crippen LogP contribution in [-0.2, 0) is 7.05 Å². The van der Waals surface area contributed by atoms with Gasteiger partial charge in [-0.15, -0.1) is 0 Å². The topological polar surface area (TPSA) is 129 Å². The quantitative estimate of drug-likeness (QED) is 0.669. The molecule has 0 amide bonds. The van der Waals surface area contributed by atoms with E-state index < -0.39 is 12.2 Å². The minimum atomic E-state index is -0.920. The molecule has 3 heterocycles. The van der Waals surface area contributed by atoms with Crippen molar-refractivity contribution in [3.63, 3.8) is 0 Å². The highest BCUT2D eigenvalue weighted by Crippen LogP contribution is 2.47. The molecule has 1 aliphatic carbocycles. The predicted octanol–water partition coefficient (Wildman–Crippen LogP) is 1.85. The van der Waals surface area contributed by atoms with E-state index in [0.29, 0.717) is 36.2 Å². The summed E-state index contributed by atoms with van der Waals surface area (Å²) in [6.45, 7) is 3.20. The van der Waals surface area contributed by atoms with Crippen LogP contribution in [0.3, 0.4) is 0 Å². The molecule has 0 bridgehead atoms. The van der Waals surface area contributed by atoms with E-state index in [9.17, 15) is 9.18 Å². The third kappa shape index (κ3) is 3.41. The van der Waals surface area contributed by atoms with E-state index in [1.54, 1.807) is 19.3 Å². The van der Waals surface area contributed by atoms with Gasteiger partial charge in [-0.25, -0.2) is 9.37 Å². The highest BCUT2D eigenvalue weighted by molar-refractivity contribution is 7.99. The van der Waals surface area contributed by atoms with Crippen molar-refractivity contribution >= 4 is 29.3 Å². The Labute approximate surface area is 179 Å². The van der Waals surface area contributed by atoms with Gasteiger partial charge in [-0.2, -0.15) is 4.98 Å². The summed E-state index contributed by atoms with van der Waals surface area (Å²) >= 11 is 1.25. The summed E-state index contributed by atoms with van der Waals surface area (Å²) in [5, 5.41) is 0. The van der Waals surface area contributed by atoms with Gasteiger partial charge in [0.05, 0.1) is 0 Å². The van der Waals surface area contributed by atoms with Gasteiger partial charge in [-0.05, 0) is 44.1 Å². The monoisotopic (exact) mass is 433 g/mol. The molecule has 1 aliphatic heterocycles. The van der Waals surface area contributed by atoms with Crippen LogP contribution < -0.4 is 27.7 Å². The molecule has 0 radical (unpaired) electrons. The number of nitrogens with zero attached hydrogens (tertiary/aromatic N) is 4. The first-order chi connectivity index (χ1) is 14.2. The maximum absolute atomic E-state index is 14.0. The normalized spacial score (nSPS) is 23.3. The highest BCUT2D eigenvalue weighted by Gasteiger charge is 2.48. The van der Waals surface area contributed by atoms with Crippen LogP contribution in [0.4, 0.5) is 22.0 Å². The average molecular weight is 434 g/mol. The summed E-state index contributed by atoms with van der Waals surface area (Å²) in [4.78, 5) is 24.9. The Bertz CT molecular complexity index is 1020. The molecular weight excluding hydrogens is 405 g/mol. The van der Waals surface area contributed by atoms with Crippen LogP contribution >= 0.6 is 11.8 Å². The number of nitrogens with two attached hydrogens (primary N) is 3. The van der Waals surface area contributed by atoms with Crippen LogP contribution in [0, 0.1) is 12.3 Å². The van der Waals surface area contributed by atoms with Gasteiger partial charge >= 0.3 is 0 Å². The summed E-state index contributed by atoms with van der Waals surface area (Å²) in [5.41, 5.74) is 18.7. The Morgan fingerprint density at radius 3 is 2.57 bits per heavy atom. The van der Waals surface area contributed by atoms with Gasteiger partial charge in [0.2, 0.25) is 5.95 Å². The zero-order chi connectivity index (χ0) is 21.6. The molecule has 2 atom stereocenters. The molecule has 8 nitrogen and oxygen atoms in total. The SMILES string of the molecule is Cc1c(Sc2c(N)nc(N3CCC4(CCC(F)C4N)CC3)n(C)c2=O)ccnc1N. The van der Waals surface area contributed by atoms with Gasteiger partial charge in [-0.3, -0.25) is 9.36 Å². The van der Waals surface area contributed by atoms with Crippen molar-refractivity contribution in [2.75, 3.05) is 29.5 Å². The molecule has 6 N–H and O–H groups in total. The van der Waals surface area contributed by atoms with E-state index in [4.69, 9.17) is 17.2 Å². The van der Waals surface area contributed by atoms with Crippen molar-refractivity contribution in [2.24, 2.45) is 18.2 Å². The minimum Gasteiger partial charge on any atom is -0.383 e. The standard InChI is InChI=1S/C20H28FN7OS/c1-11-13(4-8-25-16(11)23)30-14-17(24)26-19(27(2)18(14)29)28-9-6-20(7-10-28)5-3-12(21)15(20)22/h4,8,12,15H,3,5-7,9-10,22,24H2,1-2H3,(H2,23,25). The number of rotatable bonds is 3. The van der Waals surface area contributed by atoms with E-state index in [-0.39, 0.29) is 16.8 Å². The Morgan fingerprint density at radius 2 is 1.93 bits per heavy atom. The number of pyridine rings is 1. The predicted molar refractivity (Wildman–Crippen MR) is 117 cm³/mol. The summed E-state index contributed by atoms with van der Waals surface area (Å²) in [6, 6.07) is 1.40. The molecule has 0 aromatic carbocycles. The van der Waals surface area contributed by atoms with E-state index in [0.717, 1.165) is 29.7 Å². The molecule has 1 spiro atoms. The van der Waals surface area contributed by atoms with Crippen LogP contribution in [0.1, 0.15) is 31.2 Å². The van der Waals surface area contributed by atoms with E-state index in [1.165, 1.54) is 16.3 Å². The number of nitrogen functional groups attached to an aromatic ring is 2. The summed E-state index contributed by atoms with van der Waals surface area (Å²) < 4.78 is 15.5. The number of hydrogen-bond donors (Lipinski definition) is 3. The van der Waals surface area contributed by atoms with Gasteiger partial charge in [0, 0.05) is 42.8 Å². The molecule has 4 rings (SSSR count). The van der Waals surface area contributed by atoms with E-state index in [1.807, 2.05) is 11.8 Å². The molecule has 1 saturated heterocycles. The van der Waals surface area contributed by atoms with Gasteiger partial charge in [0.15, 0.2) is 0 Å². The molecule has 2 aromatic rings. The van der Waals surface area contributed by atoms with Crippen molar-refractivity contribution in [3.05, 3.63) is 28.2 Å². The molecule has 2 aliphatic rings. The minimum absolute atomic E-state index is 0.144. The molecule has 2 unspecified atom stereocenters. The lowest BCUT2D eigenvalue weighted by molar-refractivity contribution is 0.166. The average Bonchev–Trinajstić information content (AvgIpc) is 3.00. The number of alkyl halides is 1. The van der Waals surface area contributed by atoms with Crippen LogP contribution in [0.25, 0.3) is 0 Å². The number of anilines is 3. The van der Waals surface area contributed by atoms with Crippen molar-refractivity contribution in [2.45, 2.75) is 54.6 Å². The highest BCUT2D eigenvalue weighted by atomic mass is 32.2. The zero-order valence-electron chi connectivity index (χ0n) is 17.3. The van der Waals surface area contributed by atoms with Crippen molar-refractivity contribution in [3.8, 4) is 0 Å². The molecule has 2 aromatic heterocycles. The third-order valence-electron chi connectivity index (χ3n) is 6.71. The second kappa shape index (κ2) is 7.73. The summed E-state index contributed by atoms with van der Waals surface area (Å²) in [7, 11) is 1.70. The summed E-state index contributed by atoms with van der Waals surface area (Å²) in [6.07, 6.45) is 3.62. The van der Waals surface area contributed by atoms with Crippen LogP contribution in [0.15, 0.2) is 26.8 Å². The van der Waals surface area contributed by atoms with Gasteiger partial charge in [-0.1, -0.05) is 11.8 Å². The maximum Gasteiger partial charge on any atom is 0.270 e. The van der Waals surface area contributed by atoms with Gasteiger partial charge in [0.25, 0.3) is 5.56 Å². The maximum atomic E-state index is 14.0. The second-order valence-corrected chi connectivity index (χ2v) is 9.39. The Hall–Kier alpha value is -2.33. The molecular formula is C20H28FN7OS. The zero-order valence-corrected chi connectivity index (χ0v) is 18.1. The lowest BCUT2D eigenvalue weighted by Crippen LogP contribution is -2.50. The molecule has 2 fully saturated rings. The molecule has 162 valence electrons. The van der Waals surface area contributed by atoms with Gasteiger partial charge in [0.1, 0.15) is 22.7 Å². The fraction of sp³-hybridized carbons (Fsp3) is 0.550. The van der Waals surface area contributed by atoms with Crippen molar-refractivity contribution in [1.29, 1.82) is 0 Å². The van der Waals surface area contributed by atoms with Gasteiger partial charge < -0.3 is 22.1 Å². The Morgan fingerprint density at radius 1 is 1.23 bits per heavy atom. The third-order valence-corrected chi connectivity index (χ3v) is 7.96. The number of piperidine rings is 1. The van der Waals surface area contributed by atoms with Crippen LogP contribution in [-0.4, -0.2) is 39.8 Å². The molecule has 1 saturated carbocycles. The number of hydrogen-bond acceptors (Lipinski definition) is 8. The smallest absolute Gasteiger partial charge is 0.270 e. The van der Waals surface area contributed by atoms with E-state index >= 15 is 0 Å².